The average molecular weight is 663 g/mol. The van der Waals surface area contributed by atoms with Crippen molar-refractivity contribution in [2.75, 3.05) is 13.1 Å². The maximum absolute atomic E-state index is 13.4. The Bertz CT molecular complexity index is 1750. The summed E-state index contributed by atoms with van der Waals surface area (Å²) in [4.78, 5) is 50.6. The molecule has 2 aromatic heterocycles. The molecule has 0 bridgehead atoms. The second-order valence-corrected chi connectivity index (χ2v) is 14.8. The van der Waals surface area contributed by atoms with Crippen LogP contribution in [0.3, 0.4) is 0 Å². The molecule has 1 aliphatic heterocycles. The SMILES string of the molecule is CC[C@H]1CC[C@H](c2ccc(-c3cnc(-c4ccc(C[C@H](NC(=O)c5ccc(C6CC6)s5)C(=O)N5CC(C(=O)O)C5)cc4)nc3)cc2)CC1. The zero-order valence-electron chi connectivity index (χ0n) is 27.3. The van der Waals surface area contributed by atoms with Gasteiger partial charge in [-0.1, -0.05) is 61.9 Å². The molecular weight excluding hydrogens is 621 g/mol. The van der Waals surface area contributed by atoms with Crippen molar-refractivity contribution in [1.82, 2.24) is 20.2 Å². The van der Waals surface area contributed by atoms with Gasteiger partial charge in [-0.25, -0.2) is 9.97 Å². The number of hydrogen-bond donors (Lipinski definition) is 2. The number of nitrogens with zero attached hydrogens (tertiary/aromatic N) is 3. The van der Waals surface area contributed by atoms with Crippen LogP contribution < -0.4 is 5.32 Å². The van der Waals surface area contributed by atoms with Crippen LogP contribution in [0.5, 0.6) is 0 Å². The third-order valence-corrected chi connectivity index (χ3v) is 11.7. The van der Waals surface area contributed by atoms with E-state index in [9.17, 15) is 19.5 Å². The standard InChI is InChI=1S/C39H42N4O4S/c1-2-24-3-7-26(8-4-24)27-11-13-28(14-12-27)31-20-40-36(41-21-31)30-9-5-25(6-10-30)19-33(38(45)43-22-32(23-43)39(46)47)42-37(44)35-18-17-34(48-35)29-15-16-29/h5-6,9-14,17-18,20-21,24,26,29,32-33H,2-4,7-8,15-16,19,22-23H2,1H3,(H,42,44)(H,46,47)/t24-,26-,33-/m0/s1. The number of thiophene rings is 1. The maximum Gasteiger partial charge on any atom is 0.310 e. The molecule has 3 aliphatic rings. The molecule has 2 aromatic carbocycles. The predicted octanol–water partition coefficient (Wildman–Crippen LogP) is 7.32. The first kappa shape index (κ1) is 32.2. The molecule has 0 spiro atoms. The average Bonchev–Trinajstić information content (AvgIpc) is 3.83. The number of benzene rings is 2. The van der Waals surface area contributed by atoms with Crippen LogP contribution in [0.25, 0.3) is 22.5 Å². The molecule has 1 atom stereocenters. The van der Waals surface area contributed by atoms with Crippen LogP contribution in [0.2, 0.25) is 0 Å². The van der Waals surface area contributed by atoms with Crippen molar-refractivity contribution in [3.05, 3.63) is 93.9 Å². The van der Waals surface area contributed by atoms with Gasteiger partial charge in [-0.05, 0) is 85.1 Å². The summed E-state index contributed by atoms with van der Waals surface area (Å²) in [6.45, 7) is 2.61. The fourth-order valence-corrected chi connectivity index (χ4v) is 8.11. The minimum absolute atomic E-state index is 0.154. The van der Waals surface area contributed by atoms with Crippen molar-refractivity contribution in [3.8, 4) is 22.5 Å². The van der Waals surface area contributed by atoms with Crippen LogP contribution >= 0.6 is 11.3 Å². The Kier molecular flexibility index (Phi) is 9.39. The van der Waals surface area contributed by atoms with Gasteiger partial charge in [-0.15, -0.1) is 11.3 Å². The first-order valence-electron chi connectivity index (χ1n) is 17.3. The number of nitrogens with one attached hydrogen (secondary N) is 1. The number of likely N-dealkylation sites (tertiary alicyclic amines) is 1. The lowest BCUT2D eigenvalue weighted by Gasteiger charge is -2.38. The van der Waals surface area contributed by atoms with Gasteiger partial charge < -0.3 is 15.3 Å². The van der Waals surface area contributed by atoms with E-state index in [2.05, 4.69) is 46.5 Å². The maximum atomic E-state index is 13.4. The summed E-state index contributed by atoms with van der Waals surface area (Å²) in [7, 11) is 0. The van der Waals surface area contributed by atoms with Gasteiger partial charge in [-0.3, -0.25) is 14.4 Å². The highest BCUT2D eigenvalue weighted by Crippen LogP contribution is 2.43. The number of aliphatic carboxylic acids is 1. The molecule has 2 amide bonds. The highest BCUT2D eigenvalue weighted by atomic mass is 32.1. The summed E-state index contributed by atoms with van der Waals surface area (Å²) in [6, 6.07) is 19.6. The van der Waals surface area contributed by atoms with Crippen LogP contribution in [-0.2, 0) is 16.0 Å². The van der Waals surface area contributed by atoms with E-state index in [0.29, 0.717) is 22.5 Å². The van der Waals surface area contributed by atoms with Crippen LogP contribution in [-0.4, -0.2) is 56.9 Å². The van der Waals surface area contributed by atoms with Gasteiger partial charge in [0.25, 0.3) is 5.91 Å². The van der Waals surface area contributed by atoms with E-state index in [0.717, 1.165) is 41.0 Å². The number of amides is 2. The highest BCUT2D eigenvalue weighted by Gasteiger charge is 2.39. The van der Waals surface area contributed by atoms with Crippen molar-refractivity contribution in [3.63, 3.8) is 0 Å². The van der Waals surface area contributed by atoms with Crippen LogP contribution in [0, 0.1) is 11.8 Å². The molecule has 7 rings (SSSR count). The summed E-state index contributed by atoms with van der Waals surface area (Å²) >= 11 is 1.48. The summed E-state index contributed by atoms with van der Waals surface area (Å²) in [5.74, 6) is 0.697. The van der Waals surface area contributed by atoms with Crippen LogP contribution in [0.15, 0.2) is 73.1 Å². The van der Waals surface area contributed by atoms with E-state index in [1.807, 2.05) is 48.8 Å². The topological polar surface area (TPSA) is 112 Å². The molecule has 3 fully saturated rings. The molecule has 3 heterocycles. The summed E-state index contributed by atoms with van der Waals surface area (Å²) in [5.41, 5.74) is 5.23. The van der Waals surface area contributed by atoms with Gasteiger partial charge >= 0.3 is 5.97 Å². The second kappa shape index (κ2) is 14.0. The summed E-state index contributed by atoms with van der Waals surface area (Å²) < 4.78 is 0. The van der Waals surface area contributed by atoms with Gasteiger partial charge in [0, 0.05) is 47.9 Å². The van der Waals surface area contributed by atoms with Crippen molar-refractivity contribution in [2.24, 2.45) is 11.8 Å². The zero-order chi connectivity index (χ0) is 33.2. The zero-order valence-corrected chi connectivity index (χ0v) is 28.1. The van der Waals surface area contributed by atoms with E-state index in [1.54, 1.807) is 0 Å². The lowest BCUT2D eigenvalue weighted by atomic mass is 9.78. The third kappa shape index (κ3) is 7.21. The van der Waals surface area contributed by atoms with Crippen molar-refractivity contribution in [2.45, 2.75) is 76.2 Å². The molecule has 4 aromatic rings. The number of aromatic nitrogens is 2. The second-order valence-electron chi connectivity index (χ2n) is 13.7. The predicted molar refractivity (Wildman–Crippen MR) is 187 cm³/mol. The number of carboxylic acids is 1. The Labute approximate surface area is 285 Å². The minimum atomic E-state index is -0.908. The van der Waals surface area contributed by atoms with Gasteiger partial charge in [-0.2, -0.15) is 0 Å². The third-order valence-electron chi connectivity index (χ3n) is 10.4. The first-order chi connectivity index (χ1) is 23.3. The molecular formula is C39H42N4O4S. The fraction of sp³-hybridized carbons (Fsp3) is 0.410. The van der Waals surface area contributed by atoms with E-state index >= 15 is 0 Å². The molecule has 8 nitrogen and oxygen atoms in total. The van der Waals surface area contributed by atoms with E-state index in [-0.39, 0.29) is 31.3 Å². The smallest absolute Gasteiger partial charge is 0.310 e. The number of rotatable bonds is 11. The summed E-state index contributed by atoms with van der Waals surface area (Å²) in [5, 5.41) is 12.2. The fourth-order valence-electron chi connectivity index (χ4n) is 7.03. The molecule has 0 unspecified atom stereocenters. The summed E-state index contributed by atoms with van der Waals surface area (Å²) in [6.07, 6.45) is 12.8. The normalized spacial score (nSPS) is 20.1. The first-order valence-corrected chi connectivity index (χ1v) is 18.1. The quantitative estimate of drug-likeness (QED) is 0.174. The molecule has 1 saturated heterocycles. The Morgan fingerprint density at radius 1 is 0.833 bits per heavy atom. The molecule has 48 heavy (non-hydrogen) atoms. The van der Waals surface area contributed by atoms with Crippen molar-refractivity contribution < 1.29 is 19.5 Å². The van der Waals surface area contributed by atoms with Gasteiger partial charge in [0.05, 0.1) is 10.8 Å². The van der Waals surface area contributed by atoms with Crippen LogP contribution in [0.1, 0.15) is 89.4 Å². The van der Waals surface area contributed by atoms with Gasteiger partial charge in [0.2, 0.25) is 5.91 Å². The molecule has 9 heteroatoms. The Balaban J connectivity index is 1.00. The van der Waals surface area contributed by atoms with E-state index < -0.39 is 17.9 Å². The largest absolute Gasteiger partial charge is 0.481 e. The highest BCUT2D eigenvalue weighted by molar-refractivity contribution is 7.14. The number of carboxylic acid groups (broad SMARTS) is 1. The van der Waals surface area contributed by atoms with Crippen LogP contribution in [0.4, 0.5) is 0 Å². The van der Waals surface area contributed by atoms with Gasteiger partial charge in [0.1, 0.15) is 6.04 Å². The Hall–Kier alpha value is -4.37. The number of carbonyl (C=O) groups excluding carboxylic acids is 2. The molecule has 2 saturated carbocycles. The molecule has 248 valence electrons. The van der Waals surface area contributed by atoms with E-state index in [1.165, 1.54) is 58.8 Å². The Morgan fingerprint density at radius 3 is 2.10 bits per heavy atom. The molecule has 0 radical (unpaired) electrons. The van der Waals surface area contributed by atoms with Crippen molar-refractivity contribution >= 4 is 29.1 Å². The molecule has 2 aliphatic carbocycles. The van der Waals surface area contributed by atoms with Gasteiger partial charge in [0.15, 0.2) is 5.82 Å². The monoisotopic (exact) mass is 662 g/mol. The minimum Gasteiger partial charge on any atom is -0.481 e. The lowest BCUT2D eigenvalue weighted by Crippen LogP contribution is -2.59. The van der Waals surface area contributed by atoms with Crippen molar-refractivity contribution in [1.29, 1.82) is 0 Å². The number of carbonyl (C=O) groups is 3. The lowest BCUT2D eigenvalue weighted by molar-refractivity contribution is -0.153. The number of hydrogen-bond acceptors (Lipinski definition) is 6. The Morgan fingerprint density at radius 2 is 1.48 bits per heavy atom. The van der Waals surface area contributed by atoms with E-state index in [4.69, 9.17) is 0 Å². The molecule has 2 N–H and O–H groups in total.